The van der Waals surface area contributed by atoms with Crippen LogP contribution >= 0.6 is 11.6 Å². The maximum absolute atomic E-state index is 10.8. The van der Waals surface area contributed by atoms with Crippen molar-refractivity contribution >= 4 is 23.5 Å². The maximum atomic E-state index is 10.8. The lowest BCUT2D eigenvalue weighted by Gasteiger charge is -2.09. The normalized spacial score (nSPS) is 16.5. The van der Waals surface area contributed by atoms with Gasteiger partial charge in [-0.1, -0.05) is 0 Å². The van der Waals surface area contributed by atoms with Crippen LogP contribution in [0, 0.1) is 0 Å². The van der Waals surface area contributed by atoms with E-state index in [1.54, 1.807) is 0 Å². The molecule has 0 spiro atoms. The summed E-state index contributed by atoms with van der Waals surface area (Å²) in [5.41, 5.74) is 5.08. The average Bonchev–Trinajstić information content (AvgIpc) is 2.42. The second kappa shape index (κ2) is 5.64. The molecular weight excluding hydrogens is 192 g/mol. The molecule has 0 bridgehead atoms. The Hall–Kier alpha value is -0.970. The SMILES string of the molecule is O=C(CCl)NNC1=NCCCCN1. The summed E-state index contributed by atoms with van der Waals surface area (Å²) in [6.07, 6.45) is 2.17. The van der Waals surface area contributed by atoms with E-state index in [9.17, 15) is 4.79 Å². The summed E-state index contributed by atoms with van der Waals surface area (Å²) in [6.45, 7) is 1.66. The Bertz CT molecular complexity index is 207. The Labute approximate surface area is 81.9 Å². The summed E-state index contributed by atoms with van der Waals surface area (Å²) in [7, 11) is 0. The molecule has 0 atom stereocenters. The zero-order chi connectivity index (χ0) is 9.52. The van der Waals surface area contributed by atoms with Crippen molar-refractivity contribution in [2.75, 3.05) is 19.0 Å². The summed E-state index contributed by atoms with van der Waals surface area (Å²) >= 11 is 5.29. The molecule has 3 N–H and O–H groups in total. The molecule has 0 aliphatic carbocycles. The lowest BCUT2D eigenvalue weighted by molar-refractivity contribution is -0.119. The Morgan fingerprint density at radius 3 is 3.23 bits per heavy atom. The summed E-state index contributed by atoms with van der Waals surface area (Å²) in [5, 5.41) is 3.04. The van der Waals surface area contributed by atoms with Gasteiger partial charge in [-0.25, -0.2) is 0 Å². The number of rotatable bonds is 1. The number of aliphatic imine (C=N–C) groups is 1. The molecular formula is C7H13ClN4O. The molecule has 0 radical (unpaired) electrons. The maximum Gasteiger partial charge on any atom is 0.253 e. The van der Waals surface area contributed by atoms with E-state index in [1.807, 2.05) is 0 Å². The van der Waals surface area contributed by atoms with Crippen molar-refractivity contribution in [3.63, 3.8) is 0 Å². The molecule has 0 aromatic carbocycles. The van der Waals surface area contributed by atoms with Gasteiger partial charge in [0.25, 0.3) is 5.91 Å². The molecule has 1 aliphatic rings. The molecule has 1 rings (SSSR count). The van der Waals surface area contributed by atoms with Crippen LogP contribution in [0.2, 0.25) is 0 Å². The van der Waals surface area contributed by atoms with Gasteiger partial charge in [-0.05, 0) is 12.8 Å². The molecule has 0 aromatic heterocycles. The average molecular weight is 205 g/mol. The number of alkyl halides is 1. The second-order valence-electron chi connectivity index (χ2n) is 2.67. The lowest BCUT2D eigenvalue weighted by Crippen LogP contribution is -2.48. The van der Waals surface area contributed by atoms with Gasteiger partial charge in [0, 0.05) is 13.1 Å². The molecule has 0 aromatic rings. The fourth-order valence-corrected chi connectivity index (χ4v) is 1.00. The molecule has 74 valence electrons. The van der Waals surface area contributed by atoms with E-state index in [-0.39, 0.29) is 11.8 Å². The third-order valence-electron chi connectivity index (χ3n) is 1.59. The fourth-order valence-electron chi connectivity index (χ4n) is 0.936. The Kier molecular flexibility index (Phi) is 4.39. The van der Waals surface area contributed by atoms with Crippen LogP contribution in [0.5, 0.6) is 0 Å². The minimum atomic E-state index is -0.268. The molecule has 1 amide bonds. The van der Waals surface area contributed by atoms with Crippen molar-refractivity contribution in [3.05, 3.63) is 0 Å². The quantitative estimate of drug-likeness (QED) is 0.402. The molecule has 0 saturated heterocycles. The first-order valence-electron chi connectivity index (χ1n) is 4.22. The minimum Gasteiger partial charge on any atom is -0.355 e. The van der Waals surface area contributed by atoms with Crippen molar-refractivity contribution in [1.29, 1.82) is 0 Å². The highest BCUT2D eigenvalue weighted by molar-refractivity contribution is 6.27. The third kappa shape index (κ3) is 3.98. The molecule has 1 heterocycles. The number of hydrogen-bond donors (Lipinski definition) is 3. The van der Waals surface area contributed by atoms with Crippen LogP contribution in [0.4, 0.5) is 0 Å². The number of amides is 1. The van der Waals surface area contributed by atoms with E-state index in [0.717, 1.165) is 25.9 Å². The molecule has 0 saturated carbocycles. The van der Waals surface area contributed by atoms with Crippen molar-refractivity contribution in [2.24, 2.45) is 4.99 Å². The van der Waals surface area contributed by atoms with Gasteiger partial charge in [-0.3, -0.25) is 20.6 Å². The van der Waals surface area contributed by atoms with Gasteiger partial charge < -0.3 is 5.32 Å². The van der Waals surface area contributed by atoms with E-state index >= 15 is 0 Å². The van der Waals surface area contributed by atoms with Crippen LogP contribution in [-0.4, -0.2) is 30.8 Å². The Morgan fingerprint density at radius 2 is 2.46 bits per heavy atom. The number of hydrogen-bond acceptors (Lipinski definition) is 4. The zero-order valence-corrected chi connectivity index (χ0v) is 8.02. The van der Waals surface area contributed by atoms with Gasteiger partial charge in [0.2, 0.25) is 5.96 Å². The summed E-state index contributed by atoms with van der Waals surface area (Å²) in [5.74, 6) is 0.284. The number of hydrazine groups is 1. The number of guanidine groups is 1. The van der Waals surface area contributed by atoms with Crippen LogP contribution in [0.3, 0.4) is 0 Å². The van der Waals surface area contributed by atoms with Gasteiger partial charge in [-0.15, -0.1) is 11.6 Å². The number of carbonyl (C=O) groups excluding carboxylic acids is 1. The van der Waals surface area contributed by atoms with Crippen LogP contribution in [0.25, 0.3) is 0 Å². The van der Waals surface area contributed by atoms with Crippen molar-refractivity contribution < 1.29 is 4.79 Å². The summed E-state index contributed by atoms with van der Waals surface area (Å²) in [6, 6.07) is 0. The van der Waals surface area contributed by atoms with E-state index in [4.69, 9.17) is 11.6 Å². The highest BCUT2D eigenvalue weighted by atomic mass is 35.5. The van der Waals surface area contributed by atoms with Gasteiger partial charge in [0.05, 0.1) is 0 Å². The second-order valence-corrected chi connectivity index (χ2v) is 2.94. The van der Waals surface area contributed by atoms with E-state index < -0.39 is 0 Å². The first kappa shape index (κ1) is 10.1. The Balaban J connectivity index is 2.26. The minimum absolute atomic E-state index is 0.0553. The number of nitrogens with zero attached hydrogens (tertiary/aromatic N) is 1. The zero-order valence-electron chi connectivity index (χ0n) is 7.27. The van der Waals surface area contributed by atoms with Crippen molar-refractivity contribution in [3.8, 4) is 0 Å². The molecule has 1 aliphatic heterocycles. The predicted octanol–water partition coefficient (Wildman–Crippen LogP) is -0.415. The highest BCUT2D eigenvalue weighted by Gasteiger charge is 2.03. The lowest BCUT2D eigenvalue weighted by atomic mass is 10.3. The summed E-state index contributed by atoms with van der Waals surface area (Å²) in [4.78, 5) is 14.9. The fraction of sp³-hybridized carbons (Fsp3) is 0.714. The third-order valence-corrected chi connectivity index (χ3v) is 1.83. The standard InChI is InChI=1S/C7H13ClN4O/c8-5-6(13)11-12-7-9-3-1-2-4-10-7/h1-5H2,(H,11,13)(H2,9,10,12). The monoisotopic (exact) mass is 204 g/mol. The van der Waals surface area contributed by atoms with Gasteiger partial charge in [0.15, 0.2) is 0 Å². The molecule has 13 heavy (non-hydrogen) atoms. The Morgan fingerprint density at radius 1 is 1.62 bits per heavy atom. The smallest absolute Gasteiger partial charge is 0.253 e. The van der Waals surface area contributed by atoms with Crippen LogP contribution in [0.1, 0.15) is 12.8 Å². The molecule has 0 unspecified atom stereocenters. The van der Waals surface area contributed by atoms with Crippen LogP contribution in [-0.2, 0) is 4.79 Å². The van der Waals surface area contributed by atoms with Crippen LogP contribution in [0.15, 0.2) is 4.99 Å². The van der Waals surface area contributed by atoms with Crippen molar-refractivity contribution in [1.82, 2.24) is 16.2 Å². The summed E-state index contributed by atoms with van der Waals surface area (Å²) < 4.78 is 0. The van der Waals surface area contributed by atoms with Crippen molar-refractivity contribution in [2.45, 2.75) is 12.8 Å². The van der Waals surface area contributed by atoms with E-state index in [0.29, 0.717) is 5.96 Å². The van der Waals surface area contributed by atoms with Gasteiger partial charge >= 0.3 is 0 Å². The number of halogens is 1. The predicted molar refractivity (Wildman–Crippen MR) is 51.5 cm³/mol. The van der Waals surface area contributed by atoms with Crippen LogP contribution < -0.4 is 16.2 Å². The van der Waals surface area contributed by atoms with Gasteiger partial charge in [-0.2, -0.15) is 0 Å². The highest BCUT2D eigenvalue weighted by Crippen LogP contribution is 1.91. The number of nitrogens with one attached hydrogen (secondary N) is 3. The molecule has 5 nitrogen and oxygen atoms in total. The topological polar surface area (TPSA) is 65.5 Å². The van der Waals surface area contributed by atoms with Gasteiger partial charge in [0.1, 0.15) is 5.88 Å². The first-order chi connectivity index (χ1) is 6.33. The van der Waals surface area contributed by atoms with E-state index in [2.05, 4.69) is 21.2 Å². The molecule has 0 fully saturated rings. The van der Waals surface area contributed by atoms with E-state index in [1.165, 1.54) is 0 Å². The first-order valence-corrected chi connectivity index (χ1v) is 4.75. The number of carbonyl (C=O) groups is 1. The molecule has 6 heteroatoms. The largest absolute Gasteiger partial charge is 0.355 e.